The Kier molecular flexibility index (Phi) is 5.45. The molecule has 2 amide bonds. The molecule has 162 valence electrons. The lowest BCUT2D eigenvalue weighted by atomic mass is 9.95. The van der Waals surface area contributed by atoms with Crippen LogP contribution in [0, 0.1) is 0 Å². The number of methoxy groups -OCH3 is 1. The van der Waals surface area contributed by atoms with Crippen molar-refractivity contribution >= 4 is 33.4 Å². The number of hydrogen-bond donors (Lipinski definition) is 1. The molecule has 9 heteroatoms. The Morgan fingerprint density at radius 2 is 2.19 bits per heavy atom. The Balaban J connectivity index is 1.38. The summed E-state index contributed by atoms with van der Waals surface area (Å²) in [5, 5.41) is 7.90. The van der Waals surface area contributed by atoms with Gasteiger partial charge in [0.05, 0.1) is 11.5 Å². The number of likely N-dealkylation sites (tertiary alicyclic amines) is 1. The summed E-state index contributed by atoms with van der Waals surface area (Å²) >= 11 is 1.40. The van der Waals surface area contributed by atoms with Gasteiger partial charge >= 0.3 is 0 Å². The number of ether oxygens (including phenoxy) is 1. The van der Waals surface area contributed by atoms with E-state index in [0.717, 1.165) is 40.8 Å². The van der Waals surface area contributed by atoms with Crippen molar-refractivity contribution in [1.29, 1.82) is 0 Å². The zero-order valence-electron chi connectivity index (χ0n) is 17.3. The second-order valence-corrected chi connectivity index (χ2v) is 9.07. The van der Waals surface area contributed by atoms with Crippen molar-refractivity contribution in [2.45, 2.75) is 31.1 Å². The predicted molar refractivity (Wildman–Crippen MR) is 116 cm³/mol. The first kappa shape index (κ1) is 20.1. The van der Waals surface area contributed by atoms with Crippen LogP contribution in [-0.2, 0) is 4.74 Å². The van der Waals surface area contributed by atoms with E-state index in [0.29, 0.717) is 42.7 Å². The molecule has 1 aliphatic heterocycles. The number of amides is 2. The SMILES string of the molecule is COCCNC(=O)c1sc2ncccc2c1[C@H]1CCN(C(=O)c2cc(C3CC3)on2)C1. The largest absolute Gasteiger partial charge is 0.383 e. The van der Waals surface area contributed by atoms with Gasteiger partial charge in [-0.2, -0.15) is 0 Å². The molecule has 0 radical (unpaired) electrons. The number of hydrogen-bond acceptors (Lipinski definition) is 7. The van der Waals surface area contributed by atoms with Crippen LogP contribution in [0.4, 0.5) is 0 Å². The molecule has 0 unspecified atom stereocenters. The molecule has 3 aromatic rings. The molecule has 2 aliphatic rings. The smallest absolute Gasteiger partial charge is 0.276 e. The molecule has 1 saturated heterocycles. The van der Waals surface area contributed by atoms with Crippen LogP contribution in [0.5, 0.6) is 0 Å². The van der Waals surface area contributed by atoms with Gasteiger partial charge in [-0.1, -0.05) is 11.2 Å². The molecule has 0 spiro atoms. The minimum atomic E-state index is -0.120. The van der Waals surface area contributed by atoms with Gasteiger partial charge in [0.2, 0.25) is 0 Å². The second kappa shape index (κ2) is 8.39. The topological polar surface area (TPSA) is 97.6 Å². The first-order valence-electron chi connectivity index (χ1n) is 10.6. The summed E-state index contributed by atoms with van der Waals surface area (Å²) in [6, 6.07) is 5.67. The van der Waals surface area contributed by atoms with Crippen LogP contribution in [0.2, 0.25) is 0 Å². The van der Waals surface area contributed by atoms with Gasteiger partial charge in [-0.25, -0.2) is 4.98 Å². The van der Waals surface area contributed by atoms with Crippen molar-refractivity contribution in [3.63, 3.8) is 0 Å². The molecule has 5 rings (SSSR count). The van der Waals surface area contributed by atoms with Crippen LogP contribution in [-0.4, -0.2) is 60.2 Å². The van der Waals surface area contributed by atoms with E-state index in [1.54, 1.807) is 19.4 Å². The summed E-state index contributed by atoms with van der Waals surface area (Å²) in [5.41, 5.74) is 1.36. The van der Waals surface area contributed by atoms with E-state index in [9.17, 15) is 9.59 Å². The molecule has 31 heavy (non-hydrogen) atoms. The fraction of sp³-hybridized carbons (Fsp3) is 0.455. The maximum atomic E-state index is 13.0. The lowest BCUT2D eigenvalue weighted by molar-refractivity contribution is 0.0780. The zero-order valence-corrected chi connectivity index (χ0v) is 18.1. The summed E-state index contributed by atoms with van der Waals surface area (Å²) in [7, 11) is 1.60. The number of aromatic nitrogens is 2. The Bertz CT molecular complexity index is 1120. The van der Waals surface area contributed by atoms with E-state index in [1.807, 2.05) is 17.0 Å². The molecular formula is C22H24N4O4S. The average molecular weight is 441 g/mol. The average Bonchev–Trinajstić information content (AvgIpc) is 3.19. The Hall–Kier alpha value is -2.78. The van der Waals surface area contributed by atoms with E-state index in [-0.39, 0.29) is 17.7 Å². The van der Waals surface area contributed by atoms with E-state index in [4.69, 9.17) is 9.26 Å². The van der Waals surface area contributed by atoms with Crippen LogP contribution in [0.15, 0.2) is 28.9 Å². The maximum Gasteiger partial charge on any atom is 0.276 e. The van der Waals surface area contributed by atoms with Crippen LogP contribution >= 0.6 is 11.3 Å². The first-order valence-corrected chi connectivity index (χ1v) is 11.4. The van der Waals surface area contributed by atoms with Gasteiger partial charge in [-0.05, 0) is 30.9 Å². The summed E-state index contributed by atoms with van der Waals surface area (Å²) < 4.78 is 10.4. The fourth-order valence-corrected chi connectivity index (χ4v) is 5.31. The van der Waals surface area contributed by atoms with Gasteiger partial charge in [0.1, 0.15) is 10.6 Å². The fourth-order valence-electron chi connectivity index (χ4n) is 4.16. The van der Waals surface area contributed by atoms with Crippen LogP contribution in [0.25, 0.3) is 10.2 Å². The third kappa shape index (κ3) is 3.95. The van der Waals surface area contributed by atoms with Gasteiger partial charge in [-0.3, -0.25) is 9.59 Å². The number of nitrogens with zero attached hydrogens (tertiary/aromatic N) is 3. The highest BCUT2D eigenvalue weighted by molar-refractivity contribution is 7.20. The molecule has 1 saturated carbocycles. The lowest BCUT2D eigenvalue weighted by Gasteiger charge is -2.16. The Morgan fingerprint density at radius 1 is 1.32 bits per heavy atom. The van der Waals surface area contributed by atoms with Crippen molar-refractivity contribution in [2.75, 3.05) is 33.4 Å². The van der Waals surface area contributed by atoms with Crippen molar-refractivity contribution in [3.8, 4) is 0 Å². The van der Waals surface area contributed by atoms with E-state index in [1.165, 1.54) is 11.3 Å². The quantitative estimate of drug-likeness (QED) is 0.567. The second-order valence-electron chi connectivity index (χ2n) is 8.08. The zero-order chi connectivity index (χ0) is 21.4. The maximum absolute atomic E-state index is 13.0. The Morgan fingerprint density at radius 3 is 3.00 bits per heavy atom. The number of pyridine rings is 1. The lowest BCUT2D eigenvalue weighted by Crippen LogP contribution is -2.29. The van der Waals surface area contributed by atoms with Gasteiger partial charge in [0.25, 0.3) is 11.8 Å². The normalized spacial score (nSPS) is 18.6. The molecule has 1 atom stereocenters. The number of thiophene rings is 1. The molecule has 1 aliphatic carbocycles. The van der Waals surface area contributed by atoms with Gasteiger partial charge in [0, 0.05) is 56.2 Å². The van der Waals surface area contributed by atoms with Crippen molar-refractivity contribution in [2.24, 2.45) is 0 Å². The highest BCUT2D eigenvalue weighted by Gasteiger charge is 2.35. The molecule has 4 heterocycles. The molecule has 3 aromatic heterocycles. The summed E-state index contributed by atoms with van der Waals surface area (Å²) in [6.07, 6.45) is 4.73. The molecular weight excluding hydrogens is 416 g/mol. The molecule has 2 fully saturated rings. The van der Waals surface area contributed by atoms with Crippen LogP contribution in [0.1, 0.15) is 62.6 Å². The third-order valence-electron chi connectivity index (χ3n) is 5.91. The summed E-state index contributed by atoms with van der Waals surface area (Å²) in [6.45, 7) is 2.07. The highest BCUT2D eigenvalue weighted by Crippen LogP contribution is 2.41. The van der Waals surface area contributed by atoms with E-state index < -0.39 is 0 Å². The standard InChI is InChI=1S/C22H24N4O4S/c1-29-10-8-23-20(27)19-18(15-3-2-7-24-21(15)31-19)14-6-9-26(12-14)22(28)16-11-17(30-25-16)13-4-5-13/h2-3,7,11,13-14H,4-6,8-10,12H2,1H3,(H,23,27)/t14-/m0/s1. The van der Waals surface area contributed by atoms with Crippen LogP contribution in [0.3, 0.4) is 0 Å². The Labute approximate surface area is 183 Å². The van der Waals surface area contributed by atoms with Crippen molar-refractivity contribution in [3.05, 3.63) is 46.3 Å². The third-order valence-corrected chi connectivity index (χ3v) is 7.04. The molecule has 1 N–H and O–H groups in total. The summed E-state index contributed by atoms with van der Waals surface area (Å²) in [4.78, 5) is 33.6. The van der Waals surface area contributed by atoms with Crippen LogP contribution < -0.4 is 5.32 Å². The monoisotopic (exact) mass is 440 g/mol. The first-order chi connectivity index (χ1) is 15.2. The van der Waals surface area contributed by atoms with Gasteiger partial charge in [-0.15, -0.1) is 11.3 Å². The van der Waals surface area contributed by atoms with Crippen molar-refractivity contribution in [1.82, 2.24) is 20.4 Å². The number of carbonyl (C=O) groups is 2. The molecule has 8 nitrogen and oxygen atoms in total. The van der Waals surface area contributed by atoms with E-state index >= 15 is 0 Å². The number of fused-ring (bicyclic) bond motifs is 1. The van der Waals surface area contributed by atoms with Gasteiger partial charge < -0.3 is 19.5 Å². The highest BCUT2D eigenvalue weighted by atomic mass is 32.1. The molecule has 0 bridgehead atoms. The number of rotatable bonds is 7. The van der Waals surface area contributed by atoms with Gasteiger partial charge in [0.15, 0.2) is 5.69 Å². The number of carbonyl (C=O) groups excluding carboxylic acids is 2. The summed E-state index contributed by atoms with van der Waals surface area (Å²) in [5.74, 6) is 1.07. The predicted octanol–water partition coefficient (Wildman–Crippen LogP) is 3.17. The number of nitrogens with one attached hydrogen (secondary N) is 1. The van der Waals surface area contributed by atoms with E-state index in [2.05, 4.69) is 15.5 Å². The minimum Gasteiger partial charge on any atom is -0.383 e. The van der Waals surface area contributed by atoms with Crippen molar-refractivity contribution < 1.29 is 18.8 Å². The minimum absolute atomic E-state index is 0.0693. The molecule has 0 aromatic carbocycles.